The van der Waals surface area contributed by atoms with Crippen LogP contribution in [0.15, 0.2) is 34.2 Å². The first-order chi connectivity index (χ1) is 14.7. The molecule has 10 nitrogen and oxygen atoms in total. The third-order valence-corrected chi connectivity index (χ3v) is 6.39. The monoisotopic (exact) mass is 450 g/mol. The van der Waals surface area contributed by atoms with Gasteiger partial charge in [0.05, 0.1) is 10.8 Å². The number of benzene rings is 1. The van der Waals surface area contributed by atoms with Gasteiger partial charge in [-0.3, -0.25) is 24.1 Å². The number of nitrogens with zero attached hydrogens (tertiary/aromatic N) is 2. The molecule has 11 heteroatoms. The van der Waals surface area contributed by atoms with Gasteiger partial charge in [-0.15, -0.1) is 0 Å². The molecule has 0 radical (unpaired) electrons. The number of amides is 2. The normalized spacial score (nSPS) is 18.8. The third-order valence-electron chi connectivity index (χ3n) is 5.02. The molecule has 2 aliphatic heterocycles. The van der Waals surface area contributed by atoms with Crippen molar-refractivity contribution in [1.82, 2.24) is 9.62 Å². The molecule has 1 aromatic rings. The van der Waals surface area contributed by atoms with Crippen LogP contribution in [-0.4, -0.2) is 62.7 Å². The number of hydrogen-bond acceptors (Lipinski definition) is 7. The van der Waals surface area contributed by atoms with Crippen LogP contribution in [0.5, 0.6) is 0 Å². The van der Waals surface area contributed by atoms with Gasteiger partial charge in [-0.1, -0.05) is 6.07 Å². The maximum absolute atomic E-state index is 12.5. The van der Waals surface area contributed by atoms with Crippen LogP contribution >= 0.6 is 0 Å². The number of rotatable bonds is 7. The zero-order valence-corrected chi connectivity index (χ0v) is 18.3. The Kier molecular flexibility index (Phi) is 6.94. The van der Waals surface area contributed by atoms with E-state index >= 15 is 0 Å². The Morgan fingerprint density at radius 1 is 1.32 bits per heavy atom. The number of carbonyl (C=O) groups excluding carboxylic acids is 3. The standard InChI is InChI=1S/C20H26N4O6S/c1-13(2)24-11-14(9-19(24)26)20(27)30-12-18(25)22-15-5-3-6-16(10-15)31(28,29)23-17-7-4-8-21-17/h3,5-6,10,13-14H,4,7-9,11-12H2,1-2H3,(H,21,23)(H,22,25). The topological polar surface area (TPSA) is 134 Å². The van der Waals surface area contributed by atoms with Crippen LogP contribution in [-0.2, 0) is 29.1 Å². The molecule has 1 saturated heterocycles. The van der Waals surface area contributed by atoms with E-state index in [2.05, 4.69) is 15.0 Å². The summed E-state index contributed by atoms with van der Waals surface area (Å²) in [4.78, 5) is 41.9. The number of anilines is 1. The van der Waals surface area contributed by atoms with E-state index < -0.39 is 34.4 Å². The maximum atomic E-state index is 12.5. The second-order valence-electron chi connectivity index (χ2n) is 7.76. The average Bonchev–Trinajstić information content (AvgIpc) is 3.35. The molecule has 2 aliphatic rings. The molecule has 0 saturated carbocycles. The summed E-state index contributed by atoms with van der Waals surface area (Å²) in [5.41, 5.74) is 0.249. The second-order valence-corrected chi connectivity index (χ2v) is 9.44. The number of sulfonamides is 1. The number of nitrogens with one attached hydrogen (secondary N) is 2. The minimum Gasteiger partial charge on any atom is -0.455 e. The fourth-order valence-corrected chi connectivity index (χ4v) is 4.55. The molecule has 0 bridgehead atoms. The summed E-state index contributed by atoms with van der Waals surface area (Å²) < 4.78 is 32.5. The number of amidine groups is 1. The molecule has 0 spiro atoms. The molecule has 31 heavy (non-hydrogen) atoms. The second kappa shape index (κ2) is 9.46. The smallest absolute Gasteiger partial charge is 0.311 e. The van der Waals surface area contributed by atoms with Crippen molar-refractivity contribution in [2.24, 2.45) is 10.9 Å². The van der Waals surface area contributed by atoms with Gasteiger partial charge in [0, 0.05) is 37.7 Å². The molecule has 2 N–H and O–H groups in total. The van der Waals surface area contributed by atoms with Gasteiger partial charge in [0.15, 0.2) is 6.61 Å². The highest BCUT2D eigenvalue weighted by atomic mass is 32.2. The minimum absolute atomic E-state index is 0.00705. The molecule has 3 rings (SSSR count). The fraction of sp³-hybridized carbons (Fsp3) is 0.500. The Hall–Kier alpha value is -2.95. The van der Waals surface area contributed by atoms with Crippen molar-refractivity contribution in [1.29, 1.82) is 0 Å². The lowest BCUT2D eigenvalue weighted by Crippen LogP contribution is -2.33. The van der Waals surface area contributed by atoms with Gasteiger partial charge in [-0.25, -0.2) is 8.42 Å². The zero-order valence-electron chi connectivity index (χ0n) is 17.5. The van der Waals surface area contributed by atoms with E-state index in [4.69, 9.17) is 4.74 Å². The van der Waals surface area contributed by atoms with Gasteiger partial charge < -0.3 is 15.0 Å². The Morgan fingerprint density at radius 2 is 2.10 bits per heavy atom. The largest absolute Gasteiger partial charge is 0.455 e. The van der Waals surface area contributed by atoms with Crippen molar-refractivity contribution in [3.8, 4) is 0 Å². The summed E-state index contributed by atoms with van der Waals surface area (Å²) in [6.07, 6.45) is 1.44. The Balaban J connectivity index is 1.53. The molecule has 2 amide bonds. The molecule has 1 fully saturated rings. The number of ether oxygens (including phenoxy) is 1. The van der Waals surface area contributed by atoms with Crippen LogP contribution in [0.4, 0.5) is 5.69 Å². The van der Waals surface area contributed by atoms with E-state index in [-0.39, 0.29) is 35.5 Å². The fourth-order valence-electron chi connectivity index (χ4n) is 3.42. The number of esters is 1. The number of likely N-dealkylation sites (tertiary alicyclic amines) is 1. The first-order valence-corrected chi connectivity index (χ1v) is 11.6. The highest BCUT2D eigenvalue weighted by Gasteiger charge is 2.36. The molecule has 1 aromatic carbocycles. The quantitative estimate of drug-likeness (QED) is 0.593. The van der Waals surface area contributed by atoms with Crippen molar-refractivity contribution < 1.29 is 27.5 Å². The molecule has 0 aromatic heterocycles. The molecule has 168 valence electrons. The van der Waals surface area contributed by atoms with Crippen LogP contribution in [0.3, 0.4) is 0 Å². The predicted molar refractivity (Wildman–Crippen MR) is 113 cm³/mol. The Bertz CT molecular complexity index is 1000. The Morgan fingerprint density at radius 3 is 2.74 bits per heavy atom. The van der Waals surface area contributed by atoms with Gasteiger partial charge in [0.25, 0.3) is 15.9 Å². The van der Waals surface area contributed by atoms with Crippen LogP contribution in [0.25, 0.3) is 0 Å². The summed E-state index contributed by atoms with van der Waals surface area (Å²) in [5.74, 6) is -1.51. The van der Waals surface area contributed by atoms with Gasteiger partial charge in [0.2, 0.25) is 5.91 Å². The van der Waals surface area contributed by atoms with E-state index in [1.165, 1.54) is 24.3 Å². The molecule has 2 heterocycles. The first kappa shape index (κ1) is 22.7. The summed E-state index contributed by atoms with van der Waals surface area (Å²) in [6.45, 7) is 4.07. The molecular formula is C20H26N4O6S. The highest BCUT2D eigenvalue weighted by Crippen LogP contribution is 2.21. The van der Waals surface area contributed by atoms with Gasteiger partial charge in [-0.2, -0.15) is 0 Å². The van der Waals surface area contributed by atoms with E-state index in [1.54, 1.807) is 4.90 Å². The van der Waals surface area contributed by atoms with Crippen LogP contribution in [0.1, 0.15) is 33.1 Å². The van der Waals surface area contributed by atoms with Crippen LogP contribution < -0.4 is 10.0 Å². The number of aliphatic imine (C=N–C) groups is 1. The Labute approximate surface area is 181 Å². The van der Waals surface area contributed by atoms with Crippen molar-refractivity contribution in [2.45, 2.75) is 44.0 Å². The van der Waals surface area contributed by atoms with E-state index in [9.17, 15) is 22.8 Å². The van der Waals surface area contributed by atoms with Crippen molar-refractivity contribution in [2.75, 3.05) is 25.0 Å². The average molecular weight is 451 g/mol. The van der Waals surface area contributed by atoms with Crippen LogP contribution in [0.2, 0.25) is 0 Å². The maximum Gasteiger partial charge on any atom is 0.311 e. The van der Waals surface area contributed by atoms with Gasteiger partial charge >= 0.3 is 5.97 Å². The lowest BCUT2D eigenvalue weighted by molar-refractivity contribution is -0.151. The number of hydrogen-bond donors (Lipinski definition) is 2. The van der Waals surface area contributed by atoms with Crippen molar-refractivity contribution >= 4 is 39.3 Å². The van der Waals surface area contributed by atoms with E-state index in [1.807, 2.05) is 13.8 Å². The van der Waals surface area contributed by atoms with E-state index in [0.29, 0.717) is 18.8 Å². The lowest BCUT2D eigenvalue weighted by atomic mass is 10.1. The van der Waals surface area contributed by atoms with Gasteiger partial charge in [-0.05, 0) is 38.5 Å². The van der Waals surface area contributed by atoms with Crippen molar-refractivity contribution in [3.05, 3.63) is 24.3 Å². The molecule has 0 aliphatic carbocycles. The predicted octanol–water partition coefficient (Wildman–Crippen LogP) is 0.896. The van der Waals surface area contributed by atoms with Gasteiger partial charge in [0.1, 0.15) is 5.84 Å². The van der Waals surface area contributed by atoms with Crippen molar-refractivity contribution in [3.63, 3.8) is 0 Å². The summed E-state index contributed by atoms with van der Waals surface area (Å²) in [7, 11) is -3.81. The zero-order chi connectivity index (χ0) is 22.6. The lowest BCUT2D eigenvalue weighted by Gasteiger charge is -2.20. The first-order valence-electron chi connectivity index (χ1n) is 10.1. The SMILES string of the molecule is CC(C)N1CC(C(=O)OCC(=O)Nc2cccc(S(=O)(=O)NC3=NCCC3)c2)CC1=O. The molecular weight excluding hydrogens is 424 g/mol. The summed E-state index contributed by atoms with van der Waals surface area (Å²) >= 11 is 0. The van der Waals surface area contributed by atoms with E-state index in [0.717, 1.165) is 6.42 Å². The molecule has 1 unspecified atom stereocenters. The summed E-state index contributed by atoms with van der Waals surface area (Å²) in [6, 6.07) is 5.74. The highest BCUT2D eigenvalue weighted by molar-refractivity contribution is 7.90. The molecule has 1 atom stereocenters. The third kappa shape index (κ3) is 5.81. The summed E-state index contributed by atoms with van der Waals surface area (Å²) in [5, 5.41) is 2.51. The number of carbonyl (C=O) groups is 3. The minimum atomic E-state index is -3.81. The van der Waals surface area contributed by atoms with Crippen LogP contribution in [0, 0.1) is 5.92 Å².